The largest absolute Gasteiger partial charge is 0.668 e. The van der Waals surface area contributed by atoms with Crippen molar-refractivity contribution in [2.24, 2.45) is 0 Å². The zero-order chi connectivity index (χ0) is 9.00. The van der Waals surface area contributed by atoms with Crippen LogP contribution in [0.1, 0.15) is 0 Å². The number of hydrogen-bond donors (Lipinski definition) is 8. The third-order valence-electron chi connectivity index (χ3n) is 0. The molecule has 0 rings (SSSR count). The Labute approximate surface area is 113 Å². The molecule has 0 saturated heterocycles. The lowest BCUT2D eigenvalue weighted by Gasteiger charge is -1.91. The third kappa shape index (κ3) is 526. The van der Waals surface area contributed by atoms with Crippen LogP contribution in [-0.2, 0) is 0 Å². The van der Waals surface area contributed by atoms with Gasteiger partial charge in [-0.3, -0.25) is 0 Å². The Morgan fingerprint density at radius 1 is 0.462 bits per heavy atom. The minimum absolute atomic E-state index is 0. The van der Waals surface area contributed by atoms with E-state index in [1.165, 1.54) is 0 Å². The molecule has 13 heavy (non-hydrogen) atoms. The van der Waals surface area contributed by atoms with Crippen LogP contribution in [0.25, 0.3) is 0 Å². The monoisotopic (exact) mass is 270 g/mol. The molecule has 0 aromatic rings. The molecule has 0 heterocycles. The molecule has 0 unspecified atom stereocenters. The summed E-state index contributed by atoms with van der Waals surface area (Å²) in [6.45, 7) is 0. The van der Waals surface area contributed by atoms with Crippen LogP contribution in [0.3, 0.4) is 0 Å². The second-order valence-electron chi connectivity index (χ2n) is 1.20. The summed E-state index contributed by atoms with van der Waals surface area (Å²) < 4.78 is 0. The molecule has 0 amide bonds. The zero-order valence-electron chi connectivity index (χ0n) is 6.44. The van der Waals surface area contributed by atoms with Crippen LogP contribution in [0.2, 0.25) is 0 Å². The summed E-state index contributed by atoms with van der Waals surface area (Å²) in [6.07, 6.45) is 0. The Balaban J connectivity index is -0.0000000267. The van der Waals surface area contributed by atoms with Crippen molar-refractivity contribution in [1.29, 1.82) is 0 Å². The van der Waals surface area contributed by atoms with Gasteiger partial charge in [-0.25, -0.2) is 0 Å². The van der Waals surface area contributed by atoms with Crippen molar-refractivity contribution in [3.63, 3.8) is 0 Å². The van der Waals surface area contributed by atoms with Crippen LogP contribution >= 0.6 is 0 Å². The van der Waals surface area contributed by atoms with Gasteiger partial charge in [0.25, 0.3) is 0 Å². The Hall–Kier alpha value is 1.94. The van der Waals surface area contributed by atoms with E-state index in [2.05, 4.69) is 0 Å². The van der Waals surface area contributed by atoms with Gasteiger partial charge in [-0.2, -0.15) is 0 Å². The maximum absolute atomic E-state index is 7.33. The van der Waals surface area contributed by atoms with Crippen LogP contribution < -0.4 is 0 Å². The van der Waals surface area contributed by atoms with Crippen molar-refractivity contribution in [3.8, 4) is 0 Å². The second kappa shape index (κ2) is 12.0. The SMILES string of the molecule is O[Si](O)(O)O.O[Si](O)(O)O.[Al].[Al].[Mg]. The molecule has 0 aliphatic carbocycles. The molecule has 8 N–H and O–H groups in total. The minimum atomic E-state index is -4.61. The average molecular weight is 270 g/mol. The van der Waals surface area contributed by atoms with Gasteiger partial charge in [-0.15, -0.1) is 0 Å². The molecule has 8 radical (unpaired) electrons. The number of hydrogen-bond acceptors (Lipinski definition) is 8. The molecule has 13 heteroatoms. The van der Waals surface area contributed by atoms with E-state index in [1.807, 2.05) is 0 Å². The van der Waals surface area contributed by atoms with Gasteiger partial charge in [0.2, 0.25) is 0 Å². The van der Waals surface area contributed by atoms with E-state index in [-0.39, 0.29) is 57.8 Å². The Morgan fingerprint density at radius 2 is 0.462 bits per heavy atom. The fourth-order valence-corrected chi connectivity index (χ4v) is 0. The summed E-state index contributed by atoms with van der Waals surface area (Å²) in [5, 5.41) is 0. The summed E-state index contributed by atoms with van der Waals surface area (Å²) in [5.41, 5.74) is 0. The predicted molar refractivity (Wildman–Crippen MR) is 46.5 cm³/mol. The molecule has 0 atom stereocenters. The molecule has 0 fully saturated rings. The fraction of sp³-hybridized carbons (Fsp3) is 0. The predicted octanol–water partition coefficient (Wildman–Crippen LogP) is -6.36. The van der Waals surface area contributed by atoms with Crippen LogP contribution in [0.15, 0.2) is 0 Å². The molecule has 0 aliphatic heterocycles. The molecule has 0 aliphatic rings. The highest BCUT2D eigenvalue weighted by Gasteiger charge is 2.22. The van der Waals surface area contributed by atoms with Crippen LogP contribution in [0.4, 0.5) is 0 Å². The second-order valence-corrected chi connectivity index (χ2v) is 3.60. The highest BCUT2D eigenvalue weighted by atomic mass is 28.4. The highest BCUT2D eigenvalue weighted by molar-refractivity contribution is 6.47. The van der Waals surface area contributed by atoms with Crippen molar-refractivity contribution >= 4 is 75.9 Å². The van der Waals surface area contributed by atoms with Gasteiger partial charge in [0, 0.05) is 57.8 Å². The van der Waals surface area contributed by atoms with Crippen molar-refractivity contribution in [3.05, 3.63) is 0 Å². The van der Waals surface area contributed by atoms with Gasteiger partial charge in [0.05, 0.1) is 0 Å². The third-order valence-corrected chi connectivity index (χ3v) is 0. The first-order valence-electron chi connectivity index (χ1n) is 1.79. The molecule has 8 nitrogen and oxygen atoms in total. The van der Waals surface area contributed by atoms with E-state index in [4.69, 9.17) is 38.4 Å². The zero-order valence-corrected chi connectivity index (χ0v) is 12.2. The molecule has 72 valence electrons. The van der Waals surface area contributed by atoms with Crippen LogP contribution in [0, 0.1) is 0 Å². The Bertz CT molecular complexity index is 63.1. The average Bonchev–Trinajstić information content (AvgIpc) is 1.12. The lowest BCUT2D eigenvalue weighted by Crippen LogP contribution is -2.33. The molecule has 0 aromatic heterocycles. The van der Waals surface area contributed by atoms with Gasteiger partial charge < -0.3 is 38.4 Å². The normalized spacial score (nSPS) is 9.23. The minimum Gasteiger partial charge on any atom is -0.368 e. The quantitative estimate of drug-likeness (QED) is 0.202. The molecular weight excluding hydrogens is 262 g/mol. The Kier molecular flexibility index (Phi) is 27.2. The van der Waals surface area contributed by atoms with Crippen molar-refractivity contribution in [2.45, 2.75) is 0 Å². The van der Waals surface area contributed by atoms with Gasteiger partial charge in [0.15, 0.2) is 0 Å². The van der Waals surface area contributed by atoms with E-state index >= 15 is 0 Å². The van der Waals surface area contributed by atoms with Gasteiger partial charge in [-0.1, -0.05) is 0 Å². The van der Waals surface area contributed by atoms with E-state index in [0.29, 0.717) is 0 Å². The van der Waals surface area contributed by atoms with E-state index in [0.717, 1.165) is 0 Å². The Morgan fingerprint density at radius 3 is 0.462 bits per heavy atom. The van der Waals surface area contributed by atoms with Gasteiger partial charge in [0.1, 0.15) is 0 Å². The smallest absolute Gasteiger partial charge is 0.368 e. The van der Waals surface area contributed by atoms with Crippen molar-refractivity contribution < 1.29 is 38.4 Å². The maximum atomic E-state index is 7.33. The molecule has 0 aromatic carbocycles. The number of rotatable bonds is 0. The lowest BCUT2D eigenvalue weighted by molar-refractivity contribution is 0.115. The summed E-state index contributed by atoms with van der Waals surface area (Å²) in [6, 6.07) is 0. The molecule has 0 bridgehead atoms. The molecular formula is H8Al2MgO8Si2. The topological polar surface area (TPSA) is 162 Å². The van der Waals surface area contributed by atoms with E-state index < -0.39 is 18.1 Å². The van der Waals surface area contributed by atoms with E-state index in [9.17, 15) is 0 Å². The lowest BCUT2D eigenvalue weighted by atomic mass is 15.7. The standard InChI is InChI=1S/2Al.Mg.2H4O4Si/c;;;2*1-5(2,3)4/h;;;2*1-4H. The van der Waals surface area contributed by atoms with Gasteiger partial charge >= 0.3 is 18.1 Å². The first kappa shape index (κ1) is 29.4. The summed E-state index contributed by atoms with van der Waals surface area (Å²) in [5.74, 6) is 0. The van der Waals surface area contributed by atoms with Gasteiger partial charge in [-0.05, 0) is 0 Å². The first-order valence-corrected chi connectivity index (χ1v) is 5.37. The van der Waals surface area contributed by atoms with Crippen LogP contribution in [0.5, 0.6) is 0 Å². The van der Waals surface area contributed by atoms with Crippen LogP contribution in [-0.4, -0.2) is 114 Å². The molecule has 0 spiro atoms. The first-order chi connectivity index (χ1) is 4.00. The summed E-state index contributed by atoms with van der Waals surface area (Å²) >= 11 is 0. The van der Waals surface area contributed by atoms with Crippen molar-refractivity contribution in [1.82, 2.24) is 0 Å². The fourth-order valence-electron chi connectivity index (χ4n) is 0. The van der Waals surface area contributed by atoms with Crippen molar-refractivity contribution in [2.75, 3.05) is 0 Å². The summed E-state index contributed by atoms with van der Waals surface area (Å²) in [7, 11) is -9.22. The maximum Gasteiger partial charge on any atom is 0.668 e. The summed E-state index contributed by atoms with van der Waals surface area (Å²) in [4.78, 5) is 58.6. The molecule has 0 saturated carbocycles. The van der Waals surface area contributed by atoms with E-state index in [1.54, 1.807) is 0 Å². The highest BCUT2D eigenvalue weighted by Crippen LogP contribution is 1.67.